The topological polar surface area (TPSA) is 31.9 Å². The molecular formula is C22H20N2O. The molecule has 124 valence electrons. The number of nitrogens with zero attached hydrogens (tertiary/aromatic N) is 2. The number of aryl methyl sites for hydroxylation is 2. The highest BCUT2D eigenvalue weighted by atomic mass is 16.5. The maximum Gasteiger partial charge on any atom is 0.233 e. The van der Waals surface area contributed by atoms with Gasteiger partial charge < -0.3 is 5.21 Å². The van der Waals surface area contributed by atoms with E-state index in [1.807, 2.05) is 54.6 Å². The van der Waals surface area contributed by atoms with Gasteiger partial charge in [0.05, 0.1) is 11.8 Å². The number of fused-ring (bicyclic) bond motifs is 1. The van der Waals surface area contributed by atoms with E-state index in [4.69, 9.17) is 0 Å². The third-order valence-electron chi connectivity index (χ3n) is 4.72. The Balaban J connectivity index is 1.93. The summed E-state index contributed by atoms with van der Waals surface area (Å²) in [5, 5.41) is 14.2. The zero-order valence-electron chi connectivity index (χ0n) is 14.4. The standard InChI is InChI=1S/C22H20N2O/c1-16-12-13-17(2)18(14-16)15-22-20-10-6-7-11-21(20)23(24(22)25)19-8-4-3-5-9-19/h3-14H,15H2,1-2H3. The van der Waals surface area contributed by atoms with Crippen LogP contribution in [-0.2, 0) is 6.42 Å². The molecule has 0 aliphatic carbocycles. The minimum Gasteiger partial charge on any atom is -0.595 e. The Morgan fingerprint density at radius 3 is 2.40 bits per heavy atom. The maximum atomic E-state index is 13.2. The van der Waals surface area contributed by atoms with Crippen LogP contribution in [0.15, 0.2) is 72.8 Å². The van der Waals surface area contributed by atoms with Gasteiger partial charge in [0.2, 0.25) is 5.69 Å². The van der Waals surface area contributed by atoms with Gasteiger partial charge in [-0.1, -0.05) is 58.9 Å². The fourth-order valence-corrected chi connectivity index (χ4v) is 3.37. The van der Waals surface area contributed by atoms with Gasteiger partial charge in [-0.05, 0) is 49.2 Å². The molecule has 0 N–H and O–H groups in total. The summed E-state index contributed by atoms with van der Waals surface area (Å²) in [5.41, 5.74) is 6.21. The predicted octanol–water partition coefficient (Wildman–Crippen LogP) is 4.47. The van der Waals surface area contributed by atoms with E-state index in [0.29, 0.717) is 6.42 Å². The van der Waals surface area contributed by atoms with Crippen molar-refractivity contribution in [2.45, 2.75) is 20.3 Å². The molecule has 0 atom stereocenters. The number of rotatable bonds is 3. The van der Waals surface area contributed by atoms with Crippen molar-refractivity contribution < 1.29 is 4.85 Å². The van der Waals surface area contributed by atoms with Crippen molar-refractivity contribution in [3.8, 4) is 5.69 Å². The summed E-state index contributed by atoms with van der Waals surface area (Å²) in [5.74, 6) is 0. The van der Waals surface area contributed by atoms with E-state index in [1.54, 1.807) is 4.68 Å². The van der Waals surface area contributed by atoms with Crippen molar-refractivity contribution in [3.05, 3.63) is 100 Å². The Hall–Kier alpha value is -3.07. The Morgan fingerprint density at radius 2 is 1.60 bits per heavy atom. The van der Waals surface area contributed by atoms with Crippen LogP contribution in [-0.4, -0.2) is 4.68 Å². The van der Waals surface area contributed by atoms with Gasteiger partial charge in [0, 0.05) is 0 Å². The smallest absolute Gasteiger partial charge is 0.233 e. The summed E-state index contributed by atoms with van der Waals surface area (Å²) in [6, 6.07) is 24.2. The minimum absolute atomic E-state index is 0.622. The lowest BCUT2D eigenvalue weighted by Gasteiger charge is -2.08. The second kappa shape index (κ2) is 6.10. The van der Waals surface area contributed by atoms with E-state index >= 15 is 0 Å². The molecule has 0 radical (unpaired) electrons. The van der Waals surface area contributed by atoms with Crippen LogP contribution in [0.25, 0.3) is 16.6 Å². The largest absolute Gasteiger partial charge is 0.595 e. The van der Waals surface area contributed by atoms with E-state index in [0.717, 1.165) is 27.1 Å². The first kappa shape index (κ1) is 15.5. The van der Waals surface area contributed by atoms with E-state index in [9.17, 15) is 5.21 Å². The zero-order valence-corrected chi connectivity index (χ0v) is 14.4. The Labute approximate surface area is 147 Å². The van der Waals surface area contributed by atoms with Gasteiger partial charge in [-0.3, -0.25) is 0 Å². The summed E-state index contributed by atoms with van der Waals surface area (Å²) in [7, 11) is 0. The molecule has 0 bridgehead atoms. The monoisotopic (exact) mass is 328 g/mol. The molecule has 0 fully saturated rings. The van der Waals surface area contributed by atoms with Crippen molar-refractivity contribution in [3.63, 3.8) is 0 Å². The van der Waals surface area contributed by atoms with Gasteiger partial charge in [0.15, 0.2) is 0 Å². The first-order valence-corrected chi connectivity index (χ1v) is 8.49. The molecule has 4 rings (SSSR count). The molecule has 0 spiro atoms. The molecule has 4 aromatic rings. The first-order valence-electron chi connectivity index (χ1n) is 8.49. The lowest BCUT2D eigenvalue weighted by atomic mass is 10.00. The summed E-state index contributed by atoms with van der Waals surface area (Å²) >= 11 is 0. The minimum atomic E-state index is 0.622. The van der Waals surface area contributed by atoms with E-state index in [2.05, 4.69) is 32.0 Å². The molecule has 0 amide bonds. The van der Waals surface area contributed by atoms with Crippen molar-refractivity contribution in [2.24, 2.45) is 0 Å². The molecule has 1 aromatic heterocycles. The molecule has 0 saturated carbocycles. The van der Waals surface area contributed by atoms with Gasteiger partial charge >= 0.3 is 0 Å². The van der Waals surface area contributed by atoms with E-state index in [1.165, 1.54) is 16.7 Å². The van der Waals surface area contributed by atoms with Gasteiger partial charge in [0.25, 0.3) is 0 Å². The third-order valence-corrected chi connectivity index (χ3v) is 4.72. The van der Waals surface area contributed by atoms with Crippen molar-refractivity contribution >= 4 is 10.9 Å². The van der Waals surface area contributed by atoms with Crippen LogP contribution in [0.1, 0.15) is 22.4 Å². The lowest BCUT2D eigenvalue weighted by Crippen LogP contribution is -2.39. The molecule has 25 heavy (non-hydrogen) atoms. The van der Waals surface area contributed by atoms with E-state index in [-0.39, 0.29) is 0 Å². The van der Waals surface area contributed by atoms with Crippen LogP contribution in [0.2, 0.25) is 0 Å². The van der Waals surface area contributed by atoms with Gasteiger partial charge in [0.1, 0.15) is 11.2 Å². The second-order valence-corrected chi connectivity index (χ2v) is 6.49. The highest BCUT2D eigenvalue weighted by Gasteiger charge is 2.22. The zero-order chi connectivity index (χ0) is 17.4. The van der Waals surface area contributed by atoms with Gasteiger partial charge in [-0.2, -0.15) is 0 Å². The normalized spacial score (nSPS) is 11.1. The summed E-state index contributed by atoms with van der Waals surface area (Å²) in [4.78, 5) is 1.04. The van der Waals surface area contributed by atoms with Crippen molar-refractivity contribution in [1.29, 1.82) is 0 Å². The number of para-hydroxylation sites is 2. The predicted molar refractivity (Wildman–Crippen MR) is 101 cm³/mol. The average molecular weight is 328 g/mol. The maximum absolute atomic E-state index is 13.2. The Bertz CT molecular complexity index is 1050. The van der Waals surface area contributed by atoms with Crippen molar-refractivity contribution in [1.82, 2.24) is 4.68 Å². The molecule has 0 aliphatic rings. The molecule has 3 nitrogen and oxygen atoms in total. The Morgan fingerprint density at radius 1 is 0.880 bits per heavy atom. The molecule has 1 heterocycles. The molecule has 3 heteroatoms. The first-order chi connectivity index (χ1) is 12.1. The number of aromatic nitrogens is 2. The van der Waals surface area contributed by atoms with Crippen LogP contribution >= 0.6 is 0 Å². The van der Waals surface area contributed by atoms with Gasteiger partial charge in [-0.15, -0.1) is 4.68 Å². The molecular weight excluding hydrogens is 308 g/mol. The van der Waals surface area contributed by atoms with Crippen LogP contribution in [0.3, 0.4) is 0 Å². The molecule has 0 unspecified atom stereocenters. The number of benzene rings is 3. The van der Waals surface area contributed by atoms with Crippen LogP contribution in [0.4, 0.5) is 0 Å². The highest BCUT2D eigenvalue weighted by Crippen LogP contribution is 2.24. The fourth-order valence-electron chi connectivity index (χ4n) is 3.37. The summed E-state index contributed by atoms with van der Waals surface area (Å²) in [6.07, 6.45) is 0.622. The SMILES string of the molecule is Cc1ccc(C)c(Cc2c3ccccc3n(-c3ccccc3)[n+]2[O-])c1. The quantitative estimate of drug-likeness (QED) is 0.403. The molecule has 3 aromatic carbocycles. The molecule has 0 aliphatic heterocycles. The fraction of sp³-hybridized carbons (Fsp3) is 0.136. The third kappa shape index (κ3) is 2.68. The van der Waals surface area contributed by atoms with Crippen LogP contribution in [0, 0.1) is 19.1 Å². The van der Waals surface area contributed by atoms with Gasteiger partial charge in [-0.25, -0.2) is 0 Å². The summed E-state index contributed by atoms with van der Waals surface area (Å²) < 4.78 is 1.75. The highest BCUT2D eigenvalue weighted by molar-refractivity contribution is 5.82. The Kier molecular flexibility index (Phi) is 3.77. The van der Waals surface area contributed by atoms with E-state index < -0.39 is 0 Å². The average Bonchev–Trinajstić information content (AvgIpc) is 2.91. The second-order valence-electron chi connectivity index (χ2n) is 6.49. The lowest BCUT2D eigenvalue weighted by molar-refractivity contribution is -0.688. The van der Waals surface area contributed by atoms with Crippen LogP contribution < -0.4 is 4.85 Å². The number of hydrogen-bond donors (Lipinski definition) is 0. The number of hydrogen-bond acceptors (Lipinski definition) is 1. The van der Waals surface area contributed by atoms with Crippen LogP contribution in [0.5, 0.6) is 0 Å². The molecule has 0 saturated heterocycles. The van der Waals surface area contributed by atoms with Crippen molar-refractivity contribution in [2.75, 3.05) is 0 Å². The summed E-state index contributed by atoms with van der Waals surface area (Å²) in [6.45, 7) is 4.18.